The summed E-state index contributed by atoms with van der Waals surface area (Å²) in [6.07, 6.45) is 10.5. The van der Waals surface area contributed by atoms with E-state index in [-0.39, 0.29) is 23.7 Å². The number of allylic oxidation sites excluding steroid dienone is 3. The zero-order chi connectivity index (χ0) is 16.3. The minimum atomic E-state index is -0.346. The number of ether oxygens (including phenoxy) is 1. The van der Waals surface area contributed by atoms with Crippen LogP contribution in [-0.2, 0) is 4.74 Å². The highest BCUT2D eigenvalue weighted by molar-refractivity contribution is 5.12. The highest BCUT2D eigenvalue weighted by Crippen LogP contribution is 2.45. The molecule has 0 aromatic carbocycles. The van der Waals surface area contributed by atoms with Crippen LogP contribution in [0, 0.1) is 5.92 Å². The molecular weight excluding hydrogens is 272 g/mol. The molecule has 0 bridgehead atoms. The van der Waals surface area contributed by atoms with E-state index in [0.717, 1.165) is 44.1 Å². The Morgan fingerprint density at radius 1 is 1.27 bits per heavy atom. The summed E-state index contributed by atoms with van der Waals surface area (Å²) in [5.74, 6) is 0.135. The molecule has 2 heteroatoms. The van der Waals surface area contributed by atoms with Crippen LogP contribution in [0.5, 0.6) is 0 Å². The van der Waals surface area contributed by atoms with Gasteiger partial charge >= 0.3 is 0 Å². The maximum absolute atomic E-state index is 10.6. The fourth-order valence-electron chi connectivity index (χ4n) is 3.53. The number of hydrogen-bond donors (Lipinski definition) is 1. The number of aliphatic hydroxyl groups is 1. The van der Waals surface area contributed by atoms with E-state index < -0.39 is 0 Å². The first kappa shape index (κ1) is 17.5. The van der Waals surface area contributed by atoms with E-state index in [0.29, 0.717) is 0 Å². The lowest BCUT2D eigenvalue weighted by atomic mass is 9.84. The Morgan fingerprint density at radius 3 is 2.64 bits per heavy atom. The molecule has 0 radical (unpaired) electrons. The molecule has 4 unspecified atom stereocenters. The lowest BCUT2D eigenvalue weighted by Gasteiger charge is -2.24. The zero-order valence-electron chi connectivity index (χ0n) is 14.7. The van der Waals surface area contributed by atoms with E-state index >= 15 is 0 Å². The van der Waals surface area contributed by atoms with Gasteiger partial charge in [0.15, 0.2) is 0 Å². The molecule has 0 aromatic heterocycles. The van der Waals surface area contributed by atoms with E-state index in [1.54, 1.807) is 0 Å². The van der Waals surface area contributed by atoms with Crippen LogP contribution in [0.25, 0.3) is 0 Å². The van der Waals surface area contributed by atoms with Crippen molar-refractivity contribution >= 4 is 0 Å². The Hall–Kier alpha value is -0.860. The molecule has 0 spiro atoms. The minimum absolute atomic E-state index is 0.000793. The van der Waals surface area contributed by atoms with Gasteiger partial charge in [-0.2, -0.15) is 0 Å². The largest absolute Gasteiger partial charge is 0.392 e. The van der Waals surface area contributed by atoms with Gasteiger partial charge in [0.25, 0.3) is 0 Å². The van der Waals surface area contributed by atoms with Crippen LogP contribution in [0.3, 0.4) is 0 Å². The molecular formula is C20H32O2. The van der Waals surface area contributed by atoms with Gasteiger partial charge < -0.3 is 9.84 Å². The van der Waals surface area contributed by atoms with Gasteiger partial charge in [-0.05, 0) is 66.2 Å². The van der Waals surface area contributed by atoms with Crippen molar-refractivity contribution < 1.29 is 9.84 Å². The summed E-state index contributed by atoms with van der Waals surface area (Å²) in [5, 5.41) is 10.6. The average molecular weight is 304 g/mol. The van der Waals surface area contributed by atoms with Crippen LogP contribution in [0.1, 0.15) is 66.2 Å². The summed E-state index contributed by atoms with van der Waals surface area (Å²) >= 11 is 0. The Bertz CT molecular complexity index is 474. The van der Waals surface area contributed by atoms with Crippen LogP contribution in [0.2, 0.25) is 0 Å². The van der Waals surface area contributed by atoms with Crippen LogP contribution in [0.15, 0.2) is 35.5 Å². The summed E-state index contributed by atoms with van der Waals surface area (Å²) in [5.41, 5.74) is 3.81. The second kappa shape index (κ2) is 7.14. The molecule has 22 heavy (non-hydrogen) atoms. The molecule has 0 aromatic rings. The SMILES string of the molecule is C=C(C)C1CC2OC2(C)CCC=C(C)CCC=C(C)CC1O. The van der Waals surface area contributed by atoms with Gasteiger partial charge in [-0.3, -0.25) is 0 Å². The van der Waals surface area contributed by atoms with Crippen molar-refractivity contribution in [1.82, 2.24) is 0 Å². The maximum Gasteiger partial charge on any atom is 0.0923 e. The van der Waals surface area contributed by atoms with Crippen LogP contribution < -0.4 is 0 Å². The summed E-state index contributed by atoms with van der Waals surface area (Å²) in [4.78, 5) is 0. The Morgan fingerprint density at radius 2 is 1.95 bits per heavy atom. The molecule has 1 aliphatic carbocycles. The van der Waals surface area contributed by atoms with E-state index in [4.69, 9.17) is 4.74 Å². The Balaban J connectivity index is 2.13. The summed E-state index contributed by atoms with van der Waals surface area (Å²) in [7, 11) is 0. The quantitative estimate of drug-likeness (QED) is 0.549. The summed E-state index contributed by atoms with van der Waals surface area (Å²) < 4.78 is 5.98. The molecule has 124 valence electrons. The lowest BCUT2D eigenvalue weighted by molar-refractivity contribution is 0.115. The third kappa shape index (κ3) is 4.57. The number of rotatable bonds is 1. The average Bonchev–Trinajstić information content (AvgIpc) is 3.05. The van der Waals surface area contributed by atoms with Crippen molar-refractivity contribution in [2.45, 2.75) is 84.0 Å². The Labute approximate surface area is 136 Å². The molecule has 1 heterocycles. The summed E-state index contributed by atoms with van der Waals surface area (Å²) in [6.45, 7) is 12.7. The lowest BCUT2D eigenvalue weighted by Crippen LogP contribution is -2.25. The smallest absolute Gasteiger partial charge is 0.0923 e. The van der Waals surface area contributed by atoms with E-state index in [1.165, 1.54) is 11.1 Å². The van der Waals surface area contributed by atoms with E-state index in [1.807, 2.05) is 6.92 Å². The molecule has 0 amide bonds. The van der Waals surface area contributed by atoms with Gasteiger partial charge in [0.1, 0.15) is 0 Å². The minimum Gasteiger partial charge on any atom is -0.392 e. The molecule has 1 N–H and O–H groups in total. The fourth-order valence-corrected chi connectivity index (χ4v) is 3.53. The predicted molar refractivity (Wildman–Crippen MR) is 92.8 cm³/mol. The van der Waals surface area contributed by atoms with Crippen molar-refractivity contribution in [3.05, 3.63) is 35.5 Å². The van der Waals surface area contributed by atoms with Crippen LogP contribution >= 0.6 is 0 Å². The molecule has 2 rings (SSSR count). The van der Waals surface area contributed by atoms with Crippen molar-refractivity contribution in [2.24, 2.45) is 5.92 Å². The van der Waals surface area contributed by atoms with Gasteiger partial charge in [0.2, 0.25) is 0 Å². The summed E-state index contributed by atoms with van der Waals surface area (Å²) in [6, 6.07) is 0. The molecule has 2 nitrogen and oxygen atoms in total. The van der Waals surface area contributed by atoms with Crippen LogP contribution in [-0.4, -0.2) is 22.9 Å². The first-order valence-corrected chi connectivity index (χ1v) is 8.64. The van der Waals surface area contributed by atoms with Gasteiger partial charge in [-0.25, -0.2) is 0 Å². The second-order valence-electron chi connectivity index (χ2n) is 7.56. The number of hydrogen-bond acceptors (Lipinski definition) is 2. The standard InChI is InChI=1S/C20H32O2/c1-14(2)17-13-19-20(5,22-19)11-7-10-15(3)8-6-9-16(4)12-18(17)21/h9-10,17-19,21H,1,6-8,11-13H2,2-5H3. The molecule has 1 saturated heterocycles. The monoisotopic (exact) mass is 304 g/mol. The number of epoxide rings is 1. The molecule has 2 aliphatic rings. The third-order valence-corrected chi connectivity index (χ3v) is 5.30. The fraction of sp³-hybridized carbons (Fsp3) is 0.700. The maximum atomic E-state index is 10.6. The molecule has 1 aliphatic heterocycles. The van der Waals surface area contributed by atoms with Crippen molar-refractivity contribution in [2.75, 3.05) is 0 Å². The highest BCUT2D eigenvalue weighted by Gasteiger charge is 2.52. The first-order valence-electron chi connectivity index (χ1n) is 8.64. The van der Waals surface area contributed by atoms with Gasteiger partial charge in [0.05, 0.1) is 17.8 Å². The Kier molecular flexibility index (Phi) is 5.68. The van der Waals surface area contributed by atoms with E-state index in [9.17, 15) is 5.11 Å². The van der Waals surface area contributed by atoms with Crippen molar-refractivity contribution in [1.29, 1.82) is 0 Å². The van der Waals surface area contributed by atoms with Gasteiger partial charge in [0, 0.05) is 5.92 Å². The predicted octanol–water partition coefficient (Wildman–Crippen LogP) is 4.94. The number of fused-ring (bicyclic) bond motifs is 1. The third-order valence-electron chi connectivity index (χ3n) is 5.30. The molecule has 0 saturated carbocycles. The van der Waals surface area contributed by atoms with Gasteiger partial charge in [-0.15, -0.1) is 0 Å². The molecule has 4 atom stereocenters. The number of aliphatic hydroxyl groups excluding tert-OH is 1. The van der Waals surface area contributed by atoms with Crippen molar-refractivity contribution in [3.8, 4) is 0 Å². The van der Waals surface area contributed by atoms with Crippen LogP contribution in [0.4, 0.5) is 0 Å². The molecule has 1 fully saturated rings. The zero-order valence-corrected chi connectivity index (χ0v) is 14.7. The van der Waals surface area contributed by atoms with Gasteiger partial charge in [-0.1, -0.05) is 35.5 Å². The topological polar surface area (TPSA) is 32.8 Å². The van der Waals surface area contributed by atoms with Crippen molar-refractivity contribution in [3.63, 3.8) is 0 Å². The highest BCUT2D eigenvalue weighted by atomic mass is 16.6. The normalized spacial score (nSPS) is 37.4. The van der Waals surface area contributed by atoms with E-state index in [2.05, 4.69) is 39.5 Å². The second-order valence-corrected chi connectivity index (χ2v) is 7.56. The first-order chi connectivity index (χ1) is 10.3.